The first kappa shape index (κ1) is 21.7. The predicted molar refractivity (Wildman–Crippen MR) is 116 cm³/mol. The first-order valence-electron chi connectivity index (χ1n) is 11.2. The molecular weight excluding hydrogens is 316 g/mol. The quantitative estimate of drug-likeness (QED) is 0.533. The highest BCUT2D eigenvalue weighted by Gasteiger charge is 2.23. The first-order chi connectivity index (χ1) is 12.4. The van der Waals surface area contributed by atoms with Gasteiger partial charge in [0.25, 0.3) is 0 Å². The molecule has 26 heavy (non-hydrogen) atoms. The maximum atomic E-state index is 2.71. The number of rotatable bonds is 7. The van der Waals surface area contributed by atoms with Crippen LogP contribution in [0.1, 0.15) is 73.6 Å². The zero-order valence-corrected chi connectivity index (χ0v) is 18.5. The smallest absolute Gasteiger partial charge is 0.0109 e. The second-order valence-electron chi connectivity index (χ2n) is 9.32. The topological polar surface area (TPSA) is 6.48 Å². The second-order valence-corrected chi connectivity index (χ2v) is 9.32. The van der Waals surface area contributed by atoms with Crippen molar-refractivity contribution in [1.82, 2.24) is 9.80 Å². The molecule has 2 nitrogen and oxygen atoms in total. The van der Waals surface area contributed by atoms with Crippen molar-refractivity contribution in [3.8, 4) is 0 Å². The molecule has 0 N–H and O–H groups in total. The number of hydrogen-bond acceptors (Lipinski definition) is 2. The van der Waals surface area contributed by atoms with E-state index >= 15 is 0 Å². The molecule has 2 rings (SSSR count). The van der Waals surface area contributed by atoms with Crippen molar-refractivity contribution in [3.63, 3.8) is 0 Å². The van der Waals surface area contributed by atoms with E-state index in [9.17, 15) is 0 Å². The molecule has 2 heterocycles. The van der Waals surface area contributed by atoms with Crippen molar-refractivity contribution in [2.75, 3.05) is 39.3 Å². The molecule has 2 aliphatic rings. The summed E-state index contributed by atoms with van der Waals surface area (Å²) in [4.78, 5) is 5.41. The summed E-state index contributed by atoms with van der Waals surface area (Å²) in [5.41, 5.74) is 4.71. The third kappa shape index (κ3) is 6.53. The van der Waals surface area contributed by atoms with Crippen molar-refractivity contribution in [3.05, 3.63) is 22.8 Å². The zero-order chi connectivity index (χ0) is 19.1. The Morgan fingerprint density at radius 1 is 1.00 bits per heavy atom. The van der Waals surface area contributed by atoms with E-state index in [1.54, 1.807) is 11.1 Å². The van der Waals surface area contributed by atoms with Crippen molar-refractivity contribution in [1.29, 1.82) is 0 Å². The van der Waals surface area contributed by atoms with E-state index in [1.165, 1.54) is 76.9 Å². The van der Waals surface area contributed by atoms with Gasteiger partial charge < -0.3 is 9.80 Å². The molecule has 0 bridgehead atoms. The summed E-state index contributed by atoms with van der Waals surface area (Å²) >= 11 is 0. The second kappa shape index (κ2) is 10.7. The molecule has 0 aromatic carbocycles. The van der Waals surface area contributed by atoms with Crippen LogP contribution in [0.4, 0.5) is 0 Å². The zero-order valence-electron chi connectivity index (χ0n) is 18.5. The van der Waals surface area contributed by atoms with Crippen LogP contribution >= 0.6 is 0 Å². The van der Waals surface area contributed by atoms with Gasteiger partial charge in [0.15, 0.2) is 0 Å². The molecular formula is C24H44N2. The summed E-state index contributed by atoms with van der Waals surface area (Å²) in [5, 5.41) is 0. The minimum atomic E-state index is 0.705. The Labute approximate surface area is 163 Å². The van der Waals surface area contributed by atoms with Gasteiger partial charge in [-0.2, -0.15) is 0 Å². The molecule has 2 unspecified atom stereocenters. The van der Waals surface area contributed by atoms with E-state index < -0.39 is 0 Å². The Kier molecular flexibility index (Phi) is 8.90. The maximum absolute atomic E-state index is 2.71. The van der Waals surface area contributed by atoms with Gasteiger partial charge in [-0.1, -0.05) is 38.0 Å². The van der Waals surface area contributed by atoms with E-state index in [0.717, 1.165) is 11.8 Å². The van der Waals surface area contributed by atoms with Crippen LogP contribution < -0.4 is 0 Å². The van der Waals surface area contributed by atoms with E-state index in [0.29, 0.717) is 5.92 Å². The van der Waals surface area contributed by atoms with Gasteiger partial charge in [0, 0.05) is 19.6 Å². The molecule has 2 atom stereocenters. The monoisotopic (exact) mass is 360 g/mol. The average molecular weight is 361 g/mol. The van der Waals surface area contributed by atoms with E-state index in [4.69, 9.17) is 0 Å². The minimum absolute atomic E-state index is 0.705. The van der Waals surface area contributed by atoms with E-state index in [2.05, 4.69) is 57.4 Å². The summed E-state index contributed by atoms with van der Waals surface area (Å²) < 4.78 is 0. The minimum Gasteiger partial charge on any atom is -0.302 e. The summed E-state index contributed by atoms with van der Waals surface area (Å²) in [7, 11) is 0. The normalized spacial score (nSPS) is 25.3. The Hall–Kier alpha value is -0.600. The van der Waals surface area contributed by atoms with Gasteiger partial charge >= 0.3 is 0 Å². The van der Waals surface area contributed by atoms with Crippen LogP contribution in [0.3, 0.4) is 0 Å². The number of nitrogens with zero attached hydrogens (tertiary/aromatic N) is 2. The first-order valence-corrected chi connectivity index (χ1v) is 11.2. The van der Waals surface area contributed by atoms with Crippen LogP contribution in [0.15, 0.2) is 22.8 Å². The lowest BCUT2D eigenvalue weighted by Crippen LogP contribution is -2.42. The van der Waals surface area contributed by atoms with Gasteiger partial charge in [-0.15, -0.1) is 0 Å². The third-order valence-corrected chi connectivity index (χ3v) is 6.85. The SMILES string of the molecule is CCC(C)/C(C)=C\C(=C(C)C)C1CCN(CCN2CCCC(C)C2)CC1. The molecule has 0 aromatic rings. The Bertz CT molecular complexity index is 478. The largest absolute Gasteiger partial charge is 0.302 e. The van der Waals surface area contributed by atoms with Crippen molar-refractivity contribution >= 4 is 0 Å². The molecule has 2 saturated heterocycles. The van der Waals surface area contributed by atoms with Crippen molar-refractivity contribution < 1.29 is 0 Å². The van der Waals surface area contributed by atoms with Crippen molar-refractivity contribution in [2.45, 2.75) is 73.6 Å². The highest BCUT2D eigenvalue weighted by atomic mass is 15.2. The van der Waals surface area contributed by atoms with Gasteiger partial charge in [-0.25, -0.2) is 0 Å². The molecule has 2 fully saturated rings. The Morgan fingerprint density at radius 2 is 1.65 bits per heavy atom. The fourth-order valence-corrected chi connectivity index (χ4v) is 4.62. The van der Waals surface area contributed by atoms with Gasteiger partial charge in [-0.3, -0.25) is 0 Å². The Morgan fingerprint density at radius 3 is 2.23 bits per heavy atom. The summed E-state index contributed by atoms with van der Waals surface area (Å²) in [6, 6.07) is 0. The average Bonchev–Trinajstić information content (AvgIpc) is 2.64. The fourth-order valence-electron chi connectivity index (χ4n) is 4.62. The van der Waals surface area contributed by atoms with Crippen LogP contribution in [0.25, 0.3) is 0 Å². The number of likely N-dealkylation sites (tertiary alicyclic amines) is 2. The summed E-state index contributed by atoms with van der Waals surface area (Å²) in [5.74, 6) is 2.37. The molecule has 150 valence electrons. The standard InChI is InChI=1S/C24H44N2/c1-7-21(5)22(6)17-24(19(2)3)23-10-13-25(14-11-23)15-16-26-12-8-9-20(4)18-26/h17,20-21,23H,7-16,18H2,1-6H3/b22-17-. The van der Waals surface area contributed by atoms with Gasteiger partial charge in [0.2, 0.25) is 0 Å². The maximum Gasteiger partial charge on any atom is 0.0109 e. The van der Waals surface area contributed by atoms with Crippen LogP contribution in [0.5, 0.6) is 0 Å². The molecule has 0 spiro atoms. The number of piperidine rings is 2. The summed E-state index contributed by atoms with van der Waals surface area (Å²) in [6.07, 6.45) is 9.26. The molecule has 0 aliphatic carbocycles. The molecule has 0 aromatic heterocycles. The Balaban J connectivity index is 1.83. The molecule has 2 heteroatoms. The van der Waals surface area contributed by atoms with Crippen molar-refractivity contribution in [2.24, 2.45) is 17.8 Å². The van der Waals surface area contributed by atoms with E-state index in [-0.39, 0.29) is 0 Å². The lowest BCUT2D eigenvalue weighted by molar-refractivity contribution is 0.136. The highest BCUT2D eigenvalue weighted by molar-refractivity contribution is 5.30. The van der Waals surface area contributed by atoms with Crippen LogP contribution in [0, 0.1) is 17.8 Å². The summed E-state index contributed by atoms with van der Waals surface area (Å²) in [6.45, 7) is 21.7. The fraction of sp³-hybridized carbons (Fsp3) is 0.833. The van der Waals surface area contributed by atoms with Gasteiger partial charge in [0.1, 0.15) is 0 Å². The van der Waals surface area contributed by atoms with Gasteiger partial charge in [-0.05, 0) is 95.8 Å². The molecule has 0 radical (unpaired) electrons. The predicted octanol–water partition coefficient (Wildman–Crippen LogP) is 5.76. The van der Waals surface area contributed by atoms with Crippen LogP contribution in [-0.2, 0) is 0 Å². The van der Waals surface area contributed by atoms with Crippen LogP contribution in [0.2, 0.25) is 0 Å². The lowest BCUT2D eigenvalue weighted by atomic mass is 9.84. The third-order valence-electron chi connectivity index (χ3n) is 6.85. The molecule has 0 saturated carbocycles. The van der Waals surface area contributed by atoms with Crippen LogP contribution in [-0.4, -0.2) is 49.1 Å². The number of hydrogen-bond donors (Lipinski definition) is 0. The van der Waals surface area contributed by atoms with E-state index in [1.807, 2.05) is 0 Å². The molecule has 0 amide bonds. The highest BCUT2D eigenvalue weighted by Crippen LogP contribution is 2.30. The van der Waals surface area contributed by atoms with Gasteiger partial charge in [0.05, 0.1) is 0 Å². The number of allylic oxidation sites excluding steroid dienone is 4. The molecule has 2 aliphatic heterocycles. The lowest BCUT2D eigenvalue weighted by Gasteiger charge is -2.36.